The minimum absolute atomic E-state index is 1.39. The summed E-state index contributed by atoms with van der Waals surface area (Å²) in [4.78, 5) is 0. The van der Waals surface area contributed by atoms with Gasteiger partial charge in [0.25, 0.3) is 0 Å². The van der Waals surface area contributed by atoms with Gasteiger partial charge in [0.05, 0.1) is 0 Å². The third kappa shape index (κ3) is 3.59. The molecule has 0 aromatic rings. The first-order valence-corrected chi connectivity index (χ1v) is 14.5. The lowest BCUT2D eigenvalue weighted by molar-refractivity contribution is 0.259. The summed E-state index contributed by atoms with van der Waals surface area (Å²) in [7, 11) is -1.87. The average Bonchev–Trinajstić information content (AvgIpc) is 2.01. The highest BCUT2D eigenvalue weighted by molar-refractivity contribution is 7.36. The maximum absolute atomic E-state index is 6.18. The molecule has 14 heavy (non-hydrogen) atoms. The Morgan fingerprint density at radius 3 is 1.36 bits per heavy atom. The van der Waals surface area contributed by atoms with E-state index in [0.717, 1.165) is 0 Å². The summed E-state index contributed by atoms with van der Waals surface area (Å²) >= 11 is 0. The lowest BCUT2D eigenvalue weighted by atomic mass is 11.8. The topological polar surface area (TPSA) is 27.7 Å². The molecule has 0 heterocycles. The first-order chi connectivity index (χ1) is 6.08. The van der Waals surface area contributed by atoms with Crippen LogP contribution in [0.15, 0.2) is 0 Å². The Morgan fingerprint density at radius 2 is 1.14 bits per heavy atom. The largest absolute Gasteiger partial charge is 0.417 e. The molecular weight excluding hydrogens is 228 g/mol. The second kappa shape index (κ2) is 4.58. The summed E-state index contributed by atoms with van der Waals surface area (Å²) in [5.41, 5.74) is 0. The Kier molecular flexibility index (Phi) is 4.76. The summed E-state index contributed by atoms with van der Waals surface area (Å²) in [5, 5.41) is 0. The van der Waals surface area contributed by atoms with Crippen molar-refractivity contribution >= 4 is 24.2 Å². The van der Waals surface area contributed by atoms with Crippen LogP contribution in [0, 0.1) is 0 Å². The van der Waals surface area contributed by atoms with Gasteiger partial charge in [-0.1, -0.05) is 19.6 Å². The van der Waals surface area contributed by atoms with E-state index >= 15 is 0 Å². The molecule has 0 radical (unpaired) electrons. The predicted molar refractivity (Wildman–Crippen MR) is 67.5 cm³/mol. The monoisotopic (exact) mass is 252 g/mol. The summed E-state index contributed by atoms with van der Waals surface area (Å²) in [5.74, 6) is 0. The third-order valence-electron chi connectivity index (χ3n) is 2.68. The van der Waals surface area contributed by atoms with E-state index in [2.05, 4.69) is 39.3 Å². The van der Waals surface area contributed by atoms with Gasteiger partial charge in [-0.05, 0) is 19.6 Å². The van der Waals surface area contributed by atoms with E-state index in [4.69, 9.17) is 13.0 Å². The molecule has 0 spiro atoms. The van der Waals surface area contributed by atoms with E-state index in [1.807, 2.05) is 0 Å². The van der Waals surface area contributed by atoms with E-state index in [1.54, 1.807) is 14.2 Å². The van der Waals surface area contributed by atoms with Gasteiger partial charge < -0.3 is 13.0 Å². The van der Waals surface area contributed by atoms with Crippen LogP contribution in [0.4, 0.5) is 0 Å². The average molecular weight is 253 g/mol. The zero-order valence-corrected chi connectivity index (χ0v) is 13.7. The highest BCUT2D eigenvalue weighted by Crippen LogP contribution is 2.25. The van der Waals surface area contributed by atoms with Crippen molar-refractivity contribution in [2.45, 2.75) is 39.3 Å². The first kappa shape index (κ1) is 14.5. The Bertz CT molecular complexity index is 191. The second-order valence-electron chi connectivity index (χ2n) is 5.11. The van der Waals surface area contributed by atoms with Crippen molar-refractivity contribution in [3.05, 3.63) is 0 Å². The smallest absolute Gasteiger partial charge is 0.322 e. The maximum atomic E-state index is 6.18. The van der Waals surface area contributed by atoms with Crippen LogP contribution in [-0.2, 0) is 13.0 Å². The fraction of sp³-hybridized carbons (Fsp3) is 1.00. The van der Waals surface area contributed by atoms with Crippen molar-refractivity contribution in [3.8, 4) is 0 Å². The third-order valence-corrected chi connectivity index (χ3v) is 20.4. The van der Waals surface area contributed by atoms with Gasteiger partial charge in [0.2, 0.25) is 0 Å². The summed E-state index contributed by atoms with van der Waals surface area (Å²) < 4.78 is 17.3. The molecule has 6 heteroatoms. The first-order valence-electron chi connectivity index (χ1n) is 4.88. The highest BCUT2D eigenvalue weighted by Gasteiger charge is 2.49. The summed E-state index contributed by atoms with van der Waals surface area (Å²) in [6.45, 7) is 13.2. The van der Waals surface area contributed by atoms with Gasteiger partial charge in [-0.2, -0.15) is 0 Å². The van der Waals surface area contributed by atoms with Gasteiger partial charge in [-0.3, -0.25) is 0 Å². The van der Waals surface area contributed by atoms with Gasteiger partial charge in [-0.25, -0.2) is 0 Å². The van der Waals surface area contributed by atoms with Crippen LogP contribution in [0.1, 0.15) is 0 Å². The van der Waals surface area contributed by atoms with Crippen molar-refractivity contribution < 1.29 is 13.0 Å². The fourth-order valence-corrected chi connectivity index (χ4v) is 14.1. The standard InChI is InChI=1S/C8H24O3Si3/c1-9-13(6,7)11-14(8,10-2)12(3,4)5/h1-8H3. The van der Waals surface area contributed by atoms with Crippen LogP contribution in [0.25, 0.3) is 0 Å². The maximum Gasteiger partial charge on any atom is 0.322 e. The molecule has 86 valence electrons. The quantitative estimate of drug-likeness (QED) is 0.704. The molecule has 0 bridgehead atoms. The number of rotatable bonds is 5. The molecular formula is C8H24O3Si3. The molecule has 0 aliphatic carbocycles. The number of hydrogen-bond acceptors (Lipinski definition) is 3. The molecule has 3 nitrogen and oxygen atoms in total. The second-order valence-corrected chi connectivity index (χ2v) is 23.2. The minimum atomic E-state index is -2.01. The fourth-order valence-electron chi connectivity index (χ4n) is 1.01. The van der Waals surface area contributed by atoms with E-state index in [9.17, 15) is 0 Å². The molecule has 0 fully saturated rings. The van der Waals surface area contributed by atoms with Crippen molar-refractivity contribution in [2.75, 3.05) is 14.2 Å². The molecule has 0 aliphatic heterocycles. The Labute approximate surface area is 91.1 Å². The minimum Gasteiger partial charge on any atom is -0.417 e. The van der Waals surface area contributed by atoms with Crippen LogP contribution in [0.2, 0.25) is 39.3 Å². The Hall–Kier alpha value is 0.531. The van der Waals surface area contributed by atoms with E-state index < -0.39 is 24.2 Å². The van der Waals surface area contributed by atoms with Gasteiger partial charge in [0.15, 0.2) is 0 Å². The van der Waals surface area contributed by atoms with E-state index in [0.29, 0.717) is 0 Å². The Morgan fingerprint density at radius 1 is 0.714 bits per heavy atom. The van der Waals surface area contributed by atoms with Crippen LogP contribution < -0.4 is 0 Å². The summed E-state index contributed by atoms with van der Waals surface area (Å²) in [6.07, 6.45) is 0. The lowest BCUT2D eigenvalue weighted by Gasteiger charge is -2.40. The van der Waals surface area contributed by atoms with Crippen LogP contribution in [0.3, 0.4) is 0 Å². The van der Waals surface area contributed by atoms with Crippen molar-refractivity contribution in [1.82, 2.24) is 0 Å². The molecule has 1 unspecified atom stereocenters. The molecule has 0 aliphatic rings. The highest BCUT2D eigenvalue weighted by atomic mass is 29.3. The predicted octanol–water partition coefficient (Wildman–Crippen LogP) is 2.49. The molecule has 0 rings (SSSR count). The molecule has 0 amide bonds. The van der Waals surface area contributed by atoms with E-state index in [1.165, 1.54) is 0 Å². The van der Waals surface area contributed by atoms with Crippen LogP contribution in [-0.4, -0.2) is 38.5 Å². The van der Waals surface area contributed by atoms with Crippen molar-refractivity contribution in [3.63, 3.8) is 0 Å². The van der Waals surface area contributed by atoms with E-state index in [-0.39, 0.29) is 0 Å². The molecule has 0 aromatic carbocycles. The van der Waals surface area contributed by atoms with Crippen LogP contribution in [0.5, 0.6) is 0 Å². The molecule has 0 aromatic heterocycles. The molecule has 0 saturated carbocycles. The van der Waals surface area contributed by atoms with Gasteiger partial charge in [0, 0.05) is 14.2 Å². The SMILES string of the molecule is CO[Si](C)(C)O[Si](C)(OC)[Si](C)(C)C. The zero-order chi connectivity index (χ0) is 11.6. The van der Waals surface area contributed by atoms with Crippen molar-refractivity contribution in [2.24, 2.45) is 0 Å². The normalized spacial score (nSPS) is 18.0. The van der Waals surface area contributed by atoms with Crippen LogP contribution >= 0.6 is 0 Å². The molecule has 0 saturated heterocycles. The van der Waals surface area contributed by atoms with Gasteiger partial charge in [-0.15, -0.1) is 0 Å². The van der Waals surface area contributed by atoms with Crippen molar-refractivity contribution in [1.29, 1.82) is 0 Å². The lowest BCUT2D eigenvalue weighted by Crippen LogP contribution is -2.63. The number of hydrogen-bond donors (Lipinski definition) is 0. The Balaban J connectivity index is 4.74. The molecule has 0 N–H and O–H groups in total. The zero-order valence-electron chi connectivity index (χ0n) is 10.7. The molecule has 1 atom stereocenters. The van der Waals surface area contributed by atoms with Gasteiger partial charge in [0.1, 0.15) is 7.59 Å². The summed E-state index contributed by atoms with van der Waals surface area (Å²) in [6, 6.07) is 0. The van der Waals surface area contributed by atoms with Gasteiger partial charge >= 0.3 is 16.6 Å².